The third kappa shape index (κ3) is 4.10. The Morgan fingerprint density at radius 2 is 1.82 bits per heavy atom. The molecule has 1 saturated heterocycles. The van der Waals surface area contributed by atoms with Crippen molar-refractivity contribution in [1.82, 2.24) is 4.98 Å². The van der Waals surface area contributed by atoms with Crippen LogP contribution in [-0.2, 0) is 14.4 Å². The van der Waals surface area contributed by atoms with Crippen molar-refractivity contribution in [1.29, 1.82) is 0 Å². The zero-order chi connectivity index (χ0) is 23.7. The van der Waals surface area contributed by atoms with E-state index >= 15 is 0 Å². The molecule has 4 rings (SSSR count). The molecule has 0 spiro atoms. The van der Waals surface area contributed by atoms with Crippen LogP contribution >= 0.6 is 0 Å². The van der Waals surface area contributed by atoms with Crippen molar-refractivity contribution in [2.75, 3.05) is 10.2 Å². The normalized spacial score (nSPS) is 17.3. The quantitative estimate of drug-likeness (QED) is 0.358. The minimum atomic E-state index is -0.953. The van der Waals surface area contributed by atoms with Gasteiger partial charge in [-0.2, -0.15) is 0 Å². The molecule has 0 saturated carbocycles. The minimum Gasteiger partial charge on any atom is -0.507 e. The summed E-state index contributed by atoms with van der Waals surface area (Å²) in [5, 5.41) is 13.7. The van der Waals surface area contributed by atoms with Gasteiger partial charge in [-0.05, 0) is 66.6 Å². The first kappa shape index (κ1) is 21.9. The summed E-state index contributed by atoms with van der Waals surface area (Å²) in [5.74, 6) is -2.85. The SMILES string of the molecule is CC(=O)Nc1cccc(N2C(=O)C(=O)/C(=C(/O)c3ccc(F)c(C)c3)C2c2ccncc2)c1. The number of nitrogens with one attached hydrogen (secondary N) is 1. The molecule has 8 heteroatoms. The van der Waals surface area contributed by atoms with E-state index in [1.165, 1.54) is 42.4 Å². The fraction of sp³-hybridized carbons (Fsp3) is 0.120. The molecule has 1 unspecified atom stereocenters. The Bertz CT molecular complexity index is 1300. The summed E-state index contributed by atoms with van der Waals surface area (Å²) in [6.07, 6.45) is 3.04. The van der Waals surface area contributed by atoms with Crippen molar-refractivity contribution in [3.63, 3.8) is 0 Å². The van der Waals surface area contributed by atoms with E-state index in [-0.39, 0.29) is 22.6 Å². The van der Waals surface area contributed by atoms with Gasteiger partial charge in [0.15, 0.2) is 0 Å². The van der Waals surface area contributed by atoms with E-state index in [1.54, 1.807) is 43.3 Å². The molecular formula is C25H20FN3O4. The van der Waals surface area contributed by atoms with Crippen molar-refractivity contribution < 1.29 is 23.9 Å². The topological polar surface area (TPSA) is 99.6 Å². The molecule has 1 fully saturated rings. The molecule has 1 aliphatic heterocycles. The lowest BCUT2D eigenvalue weighted by Gasteiger charge is -2.25. The third-order valence-corrected chi connectivity index (χ3v) is 5.34. The van der Waals surface area contributed by atoms with E-state index in [2.05, 4.69) is 10.3 Å². The summed E-state index contributed by atoms with van der Waals surface area (Å²) < 4.78 is 13.8. The number of aliphatic hydroxyl groups excluding tert-OH is 1. The summed E-state index contributed by atoms with van der Waals surface area (Å²) in [6.45, 7) is 2.90. The zero-order valence-electron chi connectivity index (χ0n) is 17.9. The average molecular weight is 445 g/mol. The highest BCUT2D eigenvalue weighted by atomic mass is 19.1. The van der Waals surface area contributed by atoms with Gasteiger partial charge in [-0.1, -0.05) is 6.07 Å². The molecule has 2 aromatic carbocycles. The van der Waals surface area contributed by atoms with Gasteiger partial charge < -0.3 is 10.4 Å². The van der Waals surface area contributed by atoms with Crippen molar-refractivity contribution in [3.8, 4) is 0 Å². The van der Waals surface area contributed by atoms with Crippen LogP contribution in [0, 0.1) is 12.7 Å². The number of aromatic nitrogens is 1. The molecule has 7 nitrogen and oxygen atoms in total. The Morgan fingerprint density at radius 3 is 2.48 bits per heavy atom. The van der Waals surface area contributed by atoms with E-state index in [4.69, 9.17) is 0 Å². The Labute approximate surface area is 189 Å². The number of amides is 2. The monoisotopic (exact) mass is 445 g/mol. The second kappa shape index (κ2) is 8.66. The first-order valence-electron chi connectivity index (χ1n) is 10.1. The molecule has 0 radical (unpaired) electrons. The highest BCUT2D eigenvalue weighted by Gasteiger charge is 2.47. The number of carbonyl (C=O) groups excluding carboxylic acids is 3. The first-order chi connectivity index (χ1) is 15.8. The standard InChI is InChI=1S/C25H20FN3O4/c1-14-12-17(6-7-20(14)26)23(31)21-22(16-8-10-27-11-9-16)29(25(33)24(21)32)19-5-3-4-18(13-19)28-15(2)30/h3-13,22,31H,1-2H3,(H,28,30)/b23-21+. The number of halogens is 1. The van der Waals surface area contributed by atoms with Crippen LogP contribution in [0.5, 0.6) is 0 Å². The van der Waals surface area contributed by atoms with Gasteiger partial charge in [0.05, 0.1) is 11.6 Å². The van der Waals surface area contributed by atoms with Crippen LogP contribution in [0.1, 0.15) is 29.7 Å². The van der Waals surface area contributed by atoms with Crippen LogP contribution in [-0.4, -0.2) is 27.7 Å². The Kier molecular flexibility index (Phi) is 5.74. The molecule has 3 aromatic rings. The van der Waals surface area contributed by atoms with Crippen LogP contribution in [0.25, 0.3) is 5.76 Å². The van der Waals surface area contributed by atoms with Gasteiger partial charge in [-0.3, -0.25) is 24.3 Å². The van der Waals surface area contributed by atoms with E-state index in [1.807, 2.05) is 0 Å². The maximum atomic E-state index is 13.8. The number of anilines is 2. The average Bonchev–Trinajstić information content (AvgIpc) is 3.06. The summed E-state index contributed by atoms with van der Waals surface area (Å²) >= 11 is 0. The number of pyridine rings is 1. The molecule has 2 amide bonds. The number of hydrogen-bond acceptors (Lipinski definition) is 5. The minimum absolute atomic E-state index is 0.123. The van der Waals surface area contributed by atoms with E-state index in [9.17, 15) is 23.9 Å². The number of aliphatic hydroxyl groups is 1. The predicted octanol–water partition coefficient (Wildman–Crippen LogP) is 4.11. The molecule has 1 aromatic heterocycles. The molecule has 166 valence electrons. The fourth-order valence-corrected chi connectivity index (χ4v) is 3.84. The van der Waals surface area contributed by atoms with E-state index < -0.39 is 29.3 Å². The predicted molar refractivity (Wildman–Crippen MR) is 121 cm³/mol. The molecule has 2 heterocycles. The highest BCUT2D eigenvalue weighted by Crippen LogP contribution is 2.42. The van der Waals surface area contributed by atoms with Gasteiger partial charge in [-0.15, -0.1) is 0 Å². The number of benzene rings is 2. The molecule has 0 bridgehead atoms. The number of aryl methyl sites for hydroxylation is 1. The number of nitrogens with zero attached hydrogens (tertiary/aromatic N) is 2. The highest BCUT2D eigenvalue weighted by molar-refractivity contribution is 6.51. The van der Waals surface area contributed by atoms with Gasteiger partial charge >= 0.3 is 0 Å². The molecule has 2 N–H and O–H groups in total. The first-order valence-corrected chi connectivity index (χ1v) is 10.1. The Morgan fingerprint density at radius 1 is 1.09 bits per heavy atom. The van der Waals surface area contributed by atoms with Crippen molar-refractivity contribution in [2.24, 2.45) is 0 Å². The van der Waals surface area contributed by atoms with Crippen molar-refractivity contribution in [3.05, 3.63) is 95.1 Å². The summed E-state index contributed by atoms with van der Waals surface area (Å²) in [6, 6.07) is 12.8. The van der Waals surface area contributed by atoms with Crippen LogP contribution in [0.15, 0.2) is 72.6 Å². The lowest BCUT2D eigenvalue weighted by molar-refractivity contribution is -0.132. The maximum Gasteiger partial charge on any atom is 0.300 e. The van der Waals surface area contributed by atoms with Crippen molar-refractivity contribution in [2.45, 2.75) is 19.9 Å². The van der Waals surface area contributed by atoms with Crippen molar-refractivity contribution >= 4 is 34.7 Å². The van der Waals surface area contributed by atoms with Gasteiger partial charge in [0.25, 0.3) is 11.7 Å². The fourth-order valence-electron chi connectivity index (χ4n) is 3.84. The summed E-state index contributed by atoms with van der Waals surface area (Å²) in [4.78, 5) is 43.0. The molecule has 33 heavy (non-hydrogen) atoms. The van der Waals surface area contributed by atoms with Gasteiger partial charge in [-0.25, -0.2) is 4.39 Å². The Hall–Kier alpha value is -4.33. The summed E-state index contributed by atoms with van der Waals surface area (Å²) in [7, 11) is 0. The molecule has 0 aliphatic carbocycles. The number of Topliss-reactive ketones (excluding diaryl/α,β-unsaturated/α-hetero) is 1. The molecular weight excluding hydrogens is 425 g/mol. The van der Waals surface area contributed by atoms with Crippen LogP contribution < -0.4 is 10.2 Å². The maximum absolute atomic E-state index is 13.8. The zero-order valence-corrected chi connectivity index (χ0v) is 17.9. The summed E-state index contributed by atoms with van der Waals surface area (Å²) in [5.41, 5.74) is 1.75. The third-order valence-electron chi connectivity index (χ3n) is 5.34. The number of ketones is 1. The number of carbonyl (C=O) groups is 3. The second-order valence-corrected chi connectivity index (χ2v) is 7.65. The van der Waals surface area contributed by atoms with E-state index in [0.717, 1.165) is 0 Å². The number of rotatable bonds is 4. The second-order valence-electron chi connectivity index (χ2n) is 7.65. The smallest absolute Gasteiger partial charge is 0.300 e. The van der Waals surface area contributed by atoms with Gasteiger partial charge in [0.1, 0.15) is 11.6 Å². The Balaban J connectivity index is 1.91. The van der Waals surface area contributed by atoms with Gasteiger partial charge in [0.2, 0.25) is 5.91 Å². The van der Waals surface area contributed by atoms with Gasteiger partial charge in [0, 0.05) is 36.3 Å². The molecule has 1 atom stereocenters. The number of hydrogen-bond donors (Lipinski definition) is 2. The van der Waals surface area contributed by atoms with Crippen LogP contribution in [0.2, 0.25) is 0 Å². The lowest BCUT2D eigenvalue weighted by Crippen LogP contribution is -2.29. The largest absolute Gasteiger partial charge is 0.507 e. The lowest BCUT2D eigenvalue weighted by atomic mass is 9.95. The molecule has 1 aliphatic rings. The van der Waals surface area contributed by atoms with Crippen LogP contribution in [0.3, 0.4) is 0 Å². The van der Waals surface area contributed by atoms with E-state index in [0.29, 0.717) is 16.9 Å². The van der Waals surface area contributed by atoms with Crippen LogP contribution in [0.4, 0.5) is 15.8 Å².